The van der Waals surface area contributed by atoms with Crippen LogP contribution in [0.25, 0.3) is 21.2 Å². The van der Waals surface area contributed by atoms with Crippen molar-refractivity contribution in [3.8, 4) is 11.1 Å². The maximum absolute atomic E-state index is 9.05. The second-order valence-corrected chi connectivity index (χ2v) is 23.0. The quantitative estimate of drug-likeness (QED) is 0.158. The summed E-state index contributed by atoms with van der Waals surface area (Å²) >= 11 is 1.72. The van der Waals surface area contributed by atoms with Crippen LogP contribution in [0.4, 0.5) is 34.1 Å². The lowest BCUT2D eigenvalue weighted by Gasteiger charge is -2.42. The second-order valence-electron chi connectivity index (χ2n) is 22.1. The fourth-order valence-electron chi connectivity index (χ4n) is 9.24. The van der Waals surface area contributed by atoms with Crippen LogP contribution in [0.2, 0.25) is 0 Å². The summed E-state index contributed by atoms with van der Waals surface area (Å²) in [6.07, 6.45) is 2.20. The lowest BCUT2D eigenvalue weighted by Crippen LogP contribution is -2.34. The Morgan fingerprint density at radius 2 is 1.05 bits per heavy atom. The maximum Gasteiger partial charge on any atom is 0.0647 e. The molecule has 0 atom stereocenters. The first-order chi connectivity index (χ1) is 30.2. The monoisotopic (exact) mass is 840 g/mol. The molecule has 0 radical (unpaired) electrons. The zero-order chi connectivity index (χ0) is 47.1. The van der Waals surface area contributed by atoms with Gasteiger partial charge in [-0.25, -0.2) is 0 Å². The first kappa shape index (κ1) is 39.7. The Hall–Kier alpha value is -5.12. The number of fused-ring (bicyclic) bond motifs is 2. The predicted octanol–water partition coefficient (Wildman–Crippen LogP) is 18.1. The molecule has 6 aromatic carbocycles. The van der Waals surface area contributed by atoms with Crippen LogP contribution in [0.3, 0.4) is 0 Å². The molecule has 0 unspecified atom stereocenters. The molecule has 1 aromatic heterocycles. The molecule has 320 valence electrons. The zero-order valence-electron chi connectivity index (χ0n) is 42.4. The van der Waals surface area contributed by atoms with E-state index in [1.807, 2.05) is 12.1 Å². The van der Waals surface area contributed by atoms with Crippen LogP contribution in [-0.2, 0) is 27.1 Å². The maximum atomic E-state index is 9.05. The van der Waals surface area contributed by atoms with Gasteiger partial charge in [0.1, 0.15) is 0 Å². The number of anilines is 6. The first-order valence-corrected chi connectivity index (χ1v) is 23.3. The highest BCUT2D eigenvalue weighted by molar-refractivity contribution is 7.17. The van der Waals surface area contributed by atoms with Crippen LogP contribution in [0.15, 0.2) is 133 Å². The van der Waals surface area contributed by atoms with Crippen molar-refractivity contribution < 1.29 is 4.11 Å². The van der Waals surface area contributed by atoms with Gasteiger partial charge in [-0.3, -0.25) is 0 Å². The van der Waals surface area contributed by atoms with Crippen molar-refractivity contribution in [2.45, 2.75) is 137 Å². The van der Waals surface area contributed by atoms with Crippen LogP contribution in [0.5, 0.6) is 0 Å². The van der Waals surface area contributed by atoms with Crippen molar-refractivity contribution in [3.05, 3.63) is 166 Å². The smallest absolute Gasteiger partial charge is 0.0647 e. The highest BCUT2D eigenvalue weighted by atomic mass is 32.1. The molecule has 0 aliphatic heterocycles. The van der Waals surface area contributed by atoms with Crippen molar-refractivity contribution >= 4 is 55.5 Å². The van der Waals surface area contributed by atoms with E-state index in [1.54, 1.807) is 11.3 Å². The Bertz CT molecular complexity index is 2860. The van der Waals surface area contributed by atoms with Gasteiger partial charge in [0, 0.05) is 47.9 Å². The van der Waals surface area contributed by atoms with Crippen molar-refractivity contribution in [2.24, 2.45) is 0 Å². The number of hydrogen-bond acceptors (Lipinski definition) is 3. The van der Waals surface area contributed by atoms with Crippen LogP contribution < -0.4 is 9.80 Å². The fourth-order valence-corrected chi connectivity index (χ4v) is 10.1. The topological polar surface area (TPSA) is 6.48 Å². The molecule has 8 rings (SSSR count). The number of nitrogens with zero attached hydrogens (tertiary/aromatic N) is 2. The summed E-state index contributed by atoms with van der Waals surface area (Å²) in [7, 11) is 0. The molecule has 1 aliphatic carbocycles. The third-order valence-electron chi connectivity index (χ3n) is 13.4. The Balaban J connectivity index is 1.47. The summed E-state index contributed by atoms with van der Waals surface area (Å²) in [6, 6.07) is 46.1. The zero-order valence-corrected chi connectivity index (χ0v) is 40.2. The van der Waals surface area contributed by atoms with Gasteiger partial charge in [-0.2, -0.15) is 0 Å². The summed E-state index contributed by atoms with van der Waals surface area (Å²) in [4.78, 5) is 4.61. The molecule has 0 amide bonds. The molecule has 2 nitrogen and oxygen atoms in total. The average molecular weight is 840 g/mol. The van der Waals surface area contributed by atoms with Gasteiger partial charge < -0.3 is 9.80 Å². The minimum absolute atomic E-state index is 0.0331. The van der Waals surface area contributed by atoms with Crippen molar-refractivity contribution in [1.29, 1.82) is 0 Å². The molecule has 7 aromatic rings. The van der Waals surface area contributed by atoms with Gasteiger partial charge in [0.05, 0.1) is 11.4 Å². The number of thiophene rings is 1. The summed E-state index contributed by atoms with van der Waals surface area (Å²) < 4.78 is 28.3. The fraction of sp³-hybridized carbons (Fsp3) is 0.356. The van der Waals surface area contributed by atoms with E-state index < -0.39 is 6.85 Å². The van der Waals surface area contributed by atoms with E-state index >= 15 is 0 Å². The van der Waals surface area contributed by atoms with E-state index in [0.29, 0.717) is 0 Å². The number of aryl methyl sites for hydroxylation is 1. The second kappa shape index (κ2) is 15.6. The minimum atomic E-state index is -2.39. The van der Waals surface area contributed by atoms with Gasteiger partial charge in [0.15, 0.2) is 0 Å². The Morgan fingerprint density at radius 3 is 1.66 bits per heavy atom. The van der Waals surface area contributed by atoms with Crippen LogP contribution in [0.1, 0.15) is 140 Å². The third-order valence-corrected chi connectivity index (χ3v) is 14.3. The van der Waals surface area contributed by atoms with Crippen molar-refractivity contribution in [2.75, 3.05) is 9.80 Å². The normalized spacial score (nSPS) is 16.0. The molecule has 0 fully saturated rings. The van der Waals surface area contributed by atoms with Gasteiger partial charge in [0.2, 0.25) is 0 Å². The summed E-state index contributed by atoms with van der Waals surface area (Å²) in [5.74, 6) is 0. The summed E-state index contributed by atoms with van der Waals surface area (Å²) in [6.45, 7) is 27.3. The van der Waals surface area contributed by atoms with Gasteiger partial charge in [-0.1, -0.05) is 151 Å². The van der Waals surface area contributed by atoms with Crippen molar-refractivity contribution in [3.63, 3.8) is 0 Å². The highest BCUT2D eigenvalue weighted by Gasteiger charge is 2.38. The van der Waals surface area contributed by atoms with Crippen LogP contribution in [-0.4, -0.2) is 0 Å². The van der Waals surface area contributed by atoms with Gasteiger partial charge in [-0.15, -0.1) is 11.3 Å². The molecule has 1 aliphatic rings. The molecular formula is C59H68N2S. The molecule has 0 N–H and O–H groups in total. The summed E-state index contributed by atoms with van der Waals surface area (Å²) in [5, 5.41) is 3.38. The van der Waals surface area contributed by atoms with E-state index in [4.69, 9.17) is 4.11 Å². The predicted molar refractivity (Wildman–Crippen MR) is 273 cm³/mol. The largest absolute Gasteiger partial charge is 0.310 e. The van der Waals surface area contributed by atoms with E-state index in [1.165, 1.54) is 32.5 Å². The third kappa shape index (κ3) is 8.38. The molecule has 1 heterocycles. The van der Waals surface area contributed by atoms with Crippen LogP contribution >= 0.6 is 11.3 Å². The van der Waals surface area contributed by atoms with Gasteiger partial charge in [-0.05, 0) is 152 Å². The Labute approximate surface area is 381 Å². The Kier molecular flexibility index (Phi) is 9.99. The van der Waals surface area contributed by atoms with Gasteiger partial charge in [0.25, 0.3) is 0 Å². The standard InChI is InChI=1S/C59H68N2S/c1-39-32-46(60(44-24-20-41(21-25-44)55(2,3)4)53-38-62-54-29-23-43(35-49(53)54)57(8,9)10)36-47(33-39)61(45-26-27-50-51(37-45)59(13,14)31-30-58(50,11)12)52-28-22-42(56(5,6)7)34-48(52)40-18-16-15-17-19-40/h15-29,32-38H,30-31H2,1-14H3/i1D3. The van der Waals surface area contributed by atoms with E-state index in [-0.39, 0.29) is 32.6 Å². The molecule has 0 bridgehead atoms. The molecule has 0 saturated carbocycles. The summed E-state index contributed by atoms with van der Waals surface area (Å²) in [5.41, 5.74) is 14.3. The number of benzene rings is 6. The first-order valence-electron chi connectivity index (χ1n) is 24.0. The highest BCUT2D eigenvalue weighted by Crippen LogP contribution is 2.51. The number of rotatable bonds is 7. The molecule has 0 spiro atoms. The molecular weight excluding hydrogens is 769 g/mol. The minimum Gasteiger partial charge on any atom is -0.310 e. The van der Waals surface area contributed by atoms with E-state index in [9.17, 15) is 0 Å². The Morgan fingerprint density at radius 1 is 0.500 bits per heavy atom. The van der Waals surface area contributed by atoms with Gasteiger partial charge >= 0.3 is 0 Å². The molecule has 3 heteroatoms. The molecule has 0 saturated heterocycles. The van der Waals surface area contributed by atoms with E-state index in [2.05, 4.69) is 220 Å². The van der Waals surface area contributed by atoms with E-state index in [0.717, 1.165) is 63.5 Å². The molecule has 62 heavy (non-hydrogen) atoms. The van der Waals surface area contributed by atoms with Crippen LogP contribution in [0, 0.1) is 6.85 Å². The SMILES string of the molecule is [2H]C([2H])([2H])c1cc(N(c2ccc3c(c2)C(C)(C)CCC3(C)C)c2ccc(C(C)(C)C)cc2-c2ccccc2)cc(N(c2ccc(C(C)(C)C)cc2)c2csc3ccc(C(C)(C)C)cc23)c1. The van der Waals surface area contributed by atoms with Crippen molar-refractivity contribution in [1.82, 2.24) is 0 Å². The lowest BCUT2D eigenvalue weighted by atomic mass is 9.63. The number of hydrogen-bond donors (Lipinski definition) is 0. The lowest BCUT2D eigenvalue weighted by molar-refractivity contribution is 0.332. The average Bonchev–Trinajstić information content (AvgIpc) is 3.65.